The second-order valence-electron chi connectivity index (χ2n) is 3.58. The van der Waals surface area contributed by atoms with Gasteiger partial charge in [-0.15, -0.1) is 0 Å². The fourth-order valence-corrected chi connectivity index (χ4v) is 1.67. The summed E-state index contributed by atoms with van der Waals surface area (Å²) in [6.07, 6.45) is 0. The highest BCUT2D eigenvalue weighted by atomic mass is 79.9. The van der Waals surface area contributed by atoms with Gasteiger partial charge in [0.05, 0.1) is 4.47 Å². The smallest absolute Gasteiger partial charge is 0.207 e. The number of hydrogen-bond donors (Lipinski definition) is 0. The maximum atomic E-state index is 13.4. The van der Waals surface area contributed by atoms with Crippen LogP contribution in [0, 0.1) is 34.9 Å². The van der Waals surface area contributed by atoms with Gasteiger partial charge in [0.1, 0.15) is 11.6 Å². The van der Waals surface area contributed by atoms with Crippen molar-refractivity contribution in [2.45, 2.75) is 0 Å². The summed E-state index contributed by atoms with van der Waals surface area (Å²) < 4.78 is 83.1. The maximum Gasteiger partial charge on any atom is 0.207 e. The summed E-state index contributed by atoms with van der Waals surface area (Å²) in [6.45, 7) is 0. The molecule has 0 aliphatic heterocycles. The third kappa shape index (κ3) is 2.47. The minimum atomic E-state index is -2.30. The normalized spacial score (nSPS) is 10.8. The predicted molar refractivity (Wildman–Crippen MR) is 60.4 cm³/mol. The van der Waals surface area contributed by atoms with E-state index in [0.29, 0.717) is 0 Å². The molecule has 0 bridgehead atoms. The molecule has 8 heteroatoms. The second-order valence-corrected chi connectivity index (χ2v) is 4.43. The van der Waals surface area contributed by atoms with Crippen LogP contribution in [0.15, 0.2) is 22.7 Å². The van der Waals surface area contributed by atoms with Crippen molar-refractivity contribution in [1.82, 2.24) is 0 Å². The molecule has 0 fully saturated rings. The molecular weight excluding hydrogens is 354 g/mol. The predicted octanol–water partition coefficient (Wildman–Crippen LogP) is 5.08. The van der Waals surface area contributed by atoms with E-state index in [9.17, 15) is 26.3 Å². The van der Waals surface area contributed by atoms with E-state index >= 15 is 0 Å². The lowest BCUT2D eigenvalue weighted by Crippen LogP contribution is -2.04. The zero-order valence-corrected chi connectivity index (χ0v) is 10.9. The van der Waals surface area contributed by atoms with Crippen molar-refractivity contribution in [3.63, 3.8) is 0 Å². The van der Waals surface area contributed by atoms with Crippen molar-refractivity contribution in [2.75, 3.05) is 0 Å². The van der Waals surface area contributed by atoms with E-state index in [1.165, 1.54) is 0 Å². The number of rotatable bonds is 2. The Balaban J connectivity index is 2.57. The van der Waals surface area contributed by atoms with E-state index in [0.717, 1.165) is 18.2 Å². The van der Waals surface area contributed by atoms with Gasteiger partial charge in [0.25, 0.3) is 0 Å². The zero-order chi connectivity index (χ0) is 15.0. The summed E-state index contributed by atoms with van der Waals surface area (Å²) in [7, 11) is 0. The lowest BCUT2D eigenvalue weighted by Gasteiger charge is -2.11. The number of benzene rings is 2. The first kappa shape index (κ1) is 14.7. The molecule has 0 saturated heterocycles. The lowest BCUT2D eigenvalue weighted by molar-refractivity contribution is 0.331. The molecule has 0 aliphatic rings. The summed E-state index contributed by atoms with van der Waals surface area (Å²) in [5.74, 6) is -13.6. The summed E-state index contributed by atoms with van der Waals surface area (Å²) in [5.41, 5.74) is 0. The Bertz CT molecular complexity index is 659. The van der Waals surface area contributed by atoms with E-state index in [4.69, 9.17) is 0 Å². The SMILES string of the molecule is Fc1ccc(Br)c(Oc2c(F)c(F)c(F)c(F)c2F)c1. The van der Waals surface area contributed by atoms with Gasteiger partial charge in [-0.25, -0.2) is 17.6 Å². The Labute approximate surface area is 116 Å². The van der Waals surface area contributed by atoms with Crippen LogP contribution in [-0.4, -0.2) is 0 Å². The molecule has 0 spiro atoms. The quantitative estimate of drug-likeness (QED) is 0.414. The number of halogens is 7. The van der Waals surface area contributed by atoms with E-state index < -0.39 is 46.4 Å². The van der Waals surface area contributed by atoms with Crippen LogP contribution in [0.2, 0.25) is 0 Å². The van der Waals surface area contributed by atoms with E-state index in [-0.39, 0.29) is 4.47 Å². The first-order chi connectivity index (χ1) is 9.32. The van der Waals surface area contributed by atoms with E-state index in [2.05, 4.69) is 20.7 Å². The fourth-order valence-electron chi connectivity index (χ4n) is 1.34. The molecule has 0 unspecified atom stereocenters. The van der Waals surface area contributed by atoms with Crippen LogP contribution in [-0.2, 0) is 0 Å². The molecule has 1 nitrogen and oxygen atoms in total. The molecular formula is C12H3BrF6O. The van der Waals surface area contributed by atoms with Gasteiger partial charge in [0, 0.05) is 6.07 Å². The molecule has 2 rings (SSSR count). The van der Waals surface area contributed by atoms with Crippen molar-refractivity contribution < 1.29 is 31.1 Å². The summed E-state index contributed by atoms with van der Waals surface area (Å²) in [5, 5.41) is 0. The molecule has 2 aromatic rings. The molecule has 0 saturated carbocycles. The number of ether oxygens (including phenoxy) is 1. The van der Waals surface area contributed by atoms with Gasteiger partial charge in [-0.1, -0.05) is 0 Å². The Morgan fingerprint density at radius 1 is 0.750 bits per heavy atom. The van der Waals surface area contributed by atoms with Crippen LogP contribution >= 0.6 is 15.9 Å². The van der Waals surface area contributed by atoms with Crippen molar-refractivity contribution in [3.8, 4) is 11.5 Å². The molecule has 0 N–H and O–H groups in total. The highest BCUT2D eigenvalue weighted by Crippen LogP contribution is 2.35. The zero-order valence-electron chi connectivity index (χ0n) is 9.29. The van der Waals surface area contributed by atoms with Gasteiger partial charge < -0.3 is 4.74 Å². The average molecular weight is 357 g/mol. The highest BCUT2D eigenvalue weighted by Gasteiger charge is 2.27. The lowest BCUT2D eigenvalue weighted by atomic mass is 10.2. The van der Waals surface area contributed by atoms with Gasteiger partial charge in [-0.3, -0.25) is 0 Å². The monoisotopic (exact) mass is 356 g/mol. The number of hydrogen-bond acceptors (Lipinski definition) is 1. The minimum Gasteiger partial charge on any atom is -0.450 e. The van der Waals surface area contributed by atoms with Crippen LogP contribution in [0.5, 0.6) is 11.5 Å². The average Bonchev–Trinajstić information content (AvgIpc) is 2.43. The molecule has 106 valence electrons. The fraction of sp³-hybridized carbons (Fsp3) is 0. The van der Waals surface area contributed by atoms with Gasteiger partial charge in [0.15, 0.2) is 0 Å². The van der Waals surface area contributed by atoms with Crippen LogP contribution < -0.4 is 4.74 Å². The largest absolute Gasteiger partial charge is 0.450 e. The molecule has 0 aromatic heterocycles. The maximum absolute atomic E-state index is 13.4. The van der Waals surface area contributed by atoms with Crippen LogP contribution in [0.1, 0.15) is 0 Å². The molecule has 0 aliphatic carbocycles. The standard InChI is InChI=1S/C12H3BrF6O/c13-5-2-1-4(14)3-6(5)20-12-10(18)8(16)7(15)9(17)11(12)19/h1-3H. The summed E-state index contributed by atoms with van der Waals surface area (Å²) >= 11 is 2.89. The van der Waals surface area contributed by atoms with Crippen LogP contribution in [0.4, 0.5) is 26.3 Å². The van der Waals surface area contributed by atoms with Crippen molar-refractivity contribution in [2.24, 2.45) is 0 Å². The van der Waals surface area contributed by atoms with Crippen molar-refractivity contribution >= 4 is 15.9 Å². The van der Waals surface area contributed by atoms with Crippen LogP contribution in [0.25, 0.3) is 0 Å². The van der Waals surface area contributed by atoms with Gasteiger partial charge in [-0.2, -0.15) is 8.78 Å². The second kappa shape index (κ2) is 5.35. The Morgan fingerprint density at radius 3 is 1.80 bits per heavy atom. The van der Waals surface area contributed by atoms with E-state index in [1.807, 2.05) is 0 Å². The Hall–Kier alpha value is -1.70. The van der Waals surface area contributed by atoms with Crippen molar-refractivity contribution in [3.05, 3.63) is 57.6 Å². The molecule has 0 radical (unpaired) electrons. The van der Waals surface area contributed by atoms with Crippen LogP contribution in [0.3, 0.4) is 0 Å². The highest BCUT2D eigenvalue weighted by molar-refractivity contribution is 9.10. The minimum absolute atomic E-state index is 0.0721. The Morgan fingerprint density at radius 2 is 1.25 bits per heavy atom. The van der Waals surface area contributed by atoms with Gasteiger partial charge in [0.2, 0.25) is 34.8 Å². The molecule has 2 aromatic carbocycles. The molecule has 0 heterocycles. The Kier molecular flexibility index (Phi) is 3.94. The first-order valence-corrected chi connectivity index (χ1v) is 5.76. The molecule has 0 amide bonds. The third-order valence-electron chi connectivity index (χ3n) is 2.27. The third-order valence-corrected chi connectivity index (χ3v) is 2.93. The van der Waals surface area contributed by atoms with E-state index in [1.54, 1.807) is 0 Å². The van der Waals surface area contributed by atoms with Gasteiger partial charge >= 0.3 is 0 Å². The van der Waals surface area contributed by atoms with Gasteiger partial charge in [-0.05, 0) is 28.1 Å². The summed E-state index contributed by atoms with van der Waals surface area (Å²) in [4.78, 5) is 0. The topological polar surface area (TPSA) is 9.23 Å². The first-order valence-electron chi connectivity index (χ1n) is 4.97. The van der Waals surface area contributed by atoms with Crippen molar-refractivity contribution in [1.29, 1.82) is 0 Å². The molecule has 0 atom stereocenters. The summed E-state index contributed by atoms with van der Waals surface area (Å²) in [6, 6.07) is 2.88. The molecule has 20 heavy (non-hydrogen) atoms.